The van der Waals surface area contributed by atoms with Crippen molar-refractivity contribution in [2.24, 2.45) is 0 Å². The molecule has 0 unspecified atom stereocenters. The zero-order valence-electron chi connectivity index (χ0n) is 11.8. The number of nitrogens with one attached hydrogen (secondary N) is 1. The molecule has 6 nitrogen and oxygen atoms in total. The summed E-state index contributed by atoms with van der Waals surface area (Å²) in [7, 11) is 1.78. The fraction of sp³-hybridized carbons (Fsp3) is 0.133. The molecular weight excluding hydrogens is 266 g/mol. The molecule has 0 aliphatic heterocycles. The summed E-state index contributed by atoms with van der Waals surface area (Å²) in [5.74, 6) is 0.828. The average molecular weight is 281 g/mol. The van der Waals surface area contributed by atoms with Crippen LogP contribution in [0.5, 0.6) is 5.75 Å². The van der Waals surface area contributed by atoms with Crippen molar-refractivity contribution in [3.63, 3.8) is 0 Å². The van der Waals surface area contributed by atoms with E-state index >= 15 is 0 Å². The Morgan fingerprint density at radius 3 is 2.52 bits per heavy atom. The molecule has 0 atom stereocenters. The Hall–Kier alpha value is -2.89. The topological polar surface area (TPSA) is 75.9 Å². The lowest BCUT2D eigenvalue weighted by Crippen LogP contribution is -1.97. The maximum atomic E-state index is 10.2. The van der Waals surface area contributed by atoms with Crippen LogP contribution in [0.3, 0.4) is 0 Å². The van der Waals surface area contributed by atoms with E-state index in [1.807, 2.05) is 43.5 Å². The van der Waals surface area contributed by atoms with Gasteiger partial charge in [0.2, 0.25) is 0 Å². The normalized spacial score (nSPS) is 10.6. The van der Waals surface area contributed by atoms with Crippen LogP contribution in [0.15, 0.2) is 42.6 Å². The first kappa shape index (κ1) is 13.1. The van der Waals surface area contributed by atoms with Crippen molar-refractivity contribution in [1.29, 1.82) is 0 Å². The van der Waals surface area contributed by atoms with Gasteiger partial charge in [-0.05, 0) is 37.3 Å². The van der Waals surface area contributed by atoms with E-state index in [9.17, 15) is 5.11 Å². The molecule has 2 N–H and O–H groups in total. The van der Waals surface area contributed by atoms with Crippen molar-refractivity contribution in [2.45, 2.75) is 6.92 Å². The van der Waals surface area contributed by atoms with Crippen LogP contribution in [0, 0.1) is 6.92 Å². The van der Waals surface area contributed by atoms with E-state index in [-0.39, 0.29) is 5.75 Å². The molecule has 0 spiro atoms. The summed E-state index contributed by atoms with van der Waals surface area (Å²) < 4.78 is 1.72. The highest BCUT2D eigenvalue weighted by atomic mass is 16.3. The van der Waals surface area contributed by atoms with E-state index in [0.717, 1.165) is 11.4 Å². The largest absolute Gasteiger partial charge is 0.507 e. The van der Waals surface area contributed by atoms with E-state index in [0.29, 0.717) is 17.1 Å². The van der Waals surface area contributed by atoms with Crippen molar-refractivity contribution in [3.05, 3.63) is 48.3 Å². The van der Waals surface area contributed by atoms with E-state index in [1.165, 1.54) is 0 Å². The maximum absolute atomic E-state index is 10.2. The molecule has 0 aliphatic rings. The molecule has 2 aromatic heterocycles. The fourth-order valence-corrected chi connectivity index (χ4v) is 2.05. The first-order valence-corrected chi connectivity index (χ1v) is 6.55. The minimum absolute atomic E-state index is 0.146. The number of hydrogen-bond acceptors (Lipinski definition) is 5. The first-order valence-electron chi connectivity index (χ1n) is 6.55. The summed E-state index contributed by atoms with van der Waals surface area (Å²) in [5.41, 5.74) is 2.98. The standard InChI is InChI=1S/C15H15N5O/c1-10-7-8-20(19-10)11-3-4-12(14(21)9-11)13-5-6-15(16-2)18-17-13/h3-9,21H,1-2H3,(H,16,18). The number of nitrogens with zero attached hydrogens (tertiary/aromatic N) is 4. The number of aryl methyl sites for hydroxylation is 1. The average Bonchev–Trinajstić information content (AvgIpc) is 2.94. The lowest BCUT2D eigenvalue weighted by Gasteiger charge is -2.07. The van der Waals surface area contributed by atoms with Crippen molar-refractivity contribution in [3.8, 4) is 22.7 Å². The molecule has 0 amide bonds. The molecule has 0 saturated carbocycles. The third kappa shape index (κ3) is 2.55. The predicted molar refractivity (Wildman–Crippen MR) is 80.5 cm³/mol. The summed E-state index contributed by atoms with van der Waals surface area (Å²) in [6, 6.07) is 10.9. The molecular formula is C15H15N5O. The SMILES string of the molecule is CNc1ccc(-c2ccc(-n3ccc(C)n3)cc2O)nn1. The summed E-state index contributed by atoms with van der Waals surface area (Å²) in [5, 5.41) is 25.5. The Labute approximate surface area is 122 Å². The molecule has 1 aromatic carbocycles. The number of phenolic OH excluding ortho intramolecular Hbond substituents is 1. The summed E-state index contributed by atoms with van der Waals surface area (Å²) in [6.45, 7) is 1.92. The minimum Gasteiger partial charge on any atom is -0.507 e. The van der Waals surface area contributed by atoms with Crippen LogP contribution < -0.4 is 5.32 Å². The lowest BCUT2D eigenvalue weighted by atomic mass is 10.1. The van der Waals surface area contributed by atoms with Crippen LogP contribution in [0.25, 0.3) is 16.9 Å². The molecule has 106 valence electrons. The number of hydrogen-bond donors (Lipinski definition) is 2. The van der Waals surface area contributed by atoms with E-state index < -0.39 is 0 Å². The predicted octanol–water partition coefficient (Wildman–Crippen LogP) is 2.39. The van der Waals surface area contributed by atoms with Gasteiger partial charge < -0.3 is 10.4 Å². The van der Waals surface area contributed by atoms with Crippen LogP contribution in [-0.4, -0.2) is 32.1 Å². The van der Waals surface area contributed by atoms with Gasteiger partial charge in [0.05, 0.1) is 17.1 Å². The van der Waals surface area contributed by atoms with Gasteiger partial charge >= 0.3 is 0 Å². The van der Waals surface area contributed by atoms with Crippen molar-refractivity contribution >= 4 is 5.82 Å². The smallest absolute Gasteiger partial charge is 0.148 e. The highest BCUT2D eigenvalue weighted by molar-refractivity contribution is 5.68. The summed E-state index contributed by atoms with van der Waals surface area (Å²) >= 11 is 0. The summed E-state index contributed by atoms with van der Waals surface area (Å²) in [4.78, 5) is 0. The van der Waals surface area contributed by atoms with E-state index in [4.69, 9.17) is 0 Å². The molecule has 0 aliphatic carbocycles. The van der Waals surface area contributed by atoms with E-state index in [2.05, 4.69) is 20.6 Å². The van der Waals surface area contributed by atoms with Crippen molar-refractivity contribution in [1.82, 2.24) is 20.0 Å². The second-order valence-corrected chi connectivity index (χ2v) is 4.66. The van der Waals surface area contributed by atoms with Crippen LogP contribution in [0.4, 0.5) is 5.82 Å². The first-order chi connectivity index (χ1) is 10.2. The number of aromatic nitrogens is 4. The van der Waals surface area contributed by atoms with Crippen molar-refractivity contribution < 1.29 is 5.11 Å². The van der Waals surface area contributed by atoms with Crippen LogP contribution in [0.2, 0.25) is 0 Å². The highest BCUT2D eigenvalue weighted by Gasteiger charge is 2.09. The molecule has 0 radical (unpaired) electrons. The zero-order chi connectivity index (χ0) is 14.8. The number of aromatic hydroxyl groups is 1. The van der Waals surface area contributed by atoms with Gasteiger partial charge in [0, 0.05) is 24.9 Å². The molecule has 0 bridgehead atoms. The molecule has 6 heteroatoms. The Bertz CT molecular complexity index is 764. The van der Waals surface area contributed by atoms with Gasteiger partial charge in [0.25, 0.3) is 0 Å². The molecule has 3 rings (SSSR count). The molecule has 3 aromatic rings. The molecule has 0 fully saturated rings. The second kappa shape index (κ2) is 5.24. The quantitative estimate of drug-likeness (QED) is 0.771. The van der Waals surface area contributed by atoms with Gasteiger partial charge in [0.15, 0.2) is 0 Å². The van der Waals surface area contributed by atoms with Crippen molar-refractivity contribution in [2.75, 3.05) is 12.4 Å². The molecule has 0 saturated heterocycles. The van der Waals surface area contributed by atoms with Crippen LogP contribution in [0.1, 0.15) is 5.69 Å². The third-order valence-electron chi connectivity index (χ3n) is 3.16. The number of benzene rings is 1. The maximum Gasteiger partial charge on any atom is 0.148 e. The third-order valence-corrected chi connectivity index (χ3v) is 3.16. The van der Waals surface area contributed by atoms with Gasteiger partial charge in [-0.2, -0.15) is 5.10 Å². The Morgan fingerprint density at radius 1 is 1.10 bits per heavy atom. The van der Waals surface area contributed by atoms with Crippen LogP contribution in [-0.2, 0) is 0 Å². The highest BCUT2D eigenvalue weighted by Crippen LogP contribution is 2.29. The van der Waals surface area contributed by atoms with Gasteiger partial charge in [-0.25, -0.2) is 4.68 Å². The Kier molecular flexibility index (Phi) is 3.27. The number of anilines is 1. The Morgan fingerprint density at radius 2 is 1.95 bits per heavy atom. The van der Waals surface area contributed by atoms with Crippen LogP contribution >= 0.6 is 0 Å². The molecule has 21 heavy (non-hydrogen) atoms. The zero-order valence-corrected chi connectivity index (χ0v) is 11.8. The number of phenols is 1. The summed E-state index contributed by atoms with van der Waals surface area (Å²) in [6.07, 6.45) is 1.85. The van der Waals surface area contributed by atoms with Gasteiger partial charge in [-0.15, -0.1) is 10.2 Å². The fourth-order valence-electron chi connectivity index (χ4n) is 2.05. The second-order valence-electron chi connectivity index (χ2n) is 4.66. The number of rotatable bonds is 3. The Balaban J connectivity index is 1.97. The van der Waals surface area contributed by atoms with Gasteiger partial charge in [0.1, 0.15) is 11.6 Å². The lowest BCUT2D eigenvalue weighted by molar-refractivity contribution is 0.476. The molecule has 2 heterocycles. The van der Waals surface area contributed by atoms with Gasteiger partial charge in [-0.3, -0.25) is 0 Å². The monoisotopic (exact) mass is 281 g/mol. The minimum atomic E-state index is 0.146. The van der Waals surface area contributed by atoms with E-state index in [1.54, 1.807) is 17.8 Å². The van der Waals surface area contributed by atoms with Gasteiger partial charge in [-0.1, -0.05) is 0 Å².